The molecule has 1 aromatic heterocycles. The Kier molecular flexibility index (Phi) is 5.01. The number of rotatable bonds is 4. The maximum atomic E-state index is 12.0. The molecule has 0 spiro atoms. The van der Waals surface area contributed by atoms with E-state index in [-0.39, 0.29) is 17.0 Å². The molecule has 0 radical (unpaired) electrons. The lowest BCUT2D eigenvalue weighted by Crippen LogP contribution is -2.19. The van der Waals surface area contributed by atoms with Gasteiger partial charge in [0.1, 0.15) is 0 Å². The molecule has 25 heavy (non-hydrogen) atoms. The van der Waals surface area contributed by atoms with E-state index >= 15 is 0 Å². The fourth-order valence-electron chi connectivity index (χ4n) is 2.08. The molecular formula is C18H14ClN3O3. The maximum Gasteiger partial charge on any atom is 0.323 e. The first kappa shape index (κ1) is 16.6. The maximum absolute atomic E-state index is 12.0. The first-order valence-electron chi connectivity index (χ1n) is 7.40. The number of carbonyl (C=O) groups excluding carboxylic acids is 2. The van der Waals surface area contributed by atoms with Crippen LogP contribution in [0, 0.1) is 0 Å². The summed E-state index contributed by atoms with van der Waals surface area (Å²) in [4.78, 5) is 23.9. The second kappa shape index (κ2) is 7.55. The van der Waals surface area contributed by atoms with Crippen molar-refractivity contribution in [3.8, 4) is 0 Å². The number of hydrogen-bond acceptors (Lipinski definition) is 3. The van der Waals surface area contributed by atoms with Gasteiger partial charge in [0, 0.05) is 17.1 Å². The molecule has 0 fully saturated rings. The number of anilines is 3. The van der Waals surface area contributed by atoms with Crippen LogP contribution in [0.3, 0.4) is 0 Å². The Hall–Kier alpha value is -3.25. The van der Waals surface area contributed by atoms with E-state index in [1.165, 1.54) is 12.1 Å². The molecule has 3 N–H and O–H groups in total. The zero-order valence-electron chi connectivity index (χ0n) is 13.0. The molecule has 3 aromatic rings. The fraction of sp³-hybridized carbons (Fsp3) is 0. The van der Waals surface area contributed by atoms with Crippen LogP contribution in [0.15, 0.2) is 71.1 Å². The van der Waals surface area contributed by atoms with E-state index in [4.69, 9.17) is 16.0 Å². The number of halogens is 1. The average molecular weight is 356 g/mol. The van der Waals surface area contributed by atoms with E-state index in [1.54, 1.807) is 36.4 Å². The quantitative estimate of drug-likeness (QED) is 0.626. The molecule has 0 atom stereocenters. The van der Waals surface area contributed by atoms with Gasteiger partial charge in [0.25, 0.3) is 5.91 Å². The standard InChI is InChI=1S/C18H14ClN3O3/c19-16-11-10-15(25-16)17(23)20-13-6-8-14(9-7-13)22-18(24)21-12-4-2-1-3-5-12/h1-11H,(H,20,23)(H2,21,22,24). The van der Waals surface area contributed by atoms with Gasteiger partial charge in [-0.15, -0.1) is 0 Å². The highest BCUT2D eigenvalue weighted by atomic mass is 35.5. The first-order chi connectivity index (χ1) is 12.1. The van der Waals surface area contributed by atoms with E-state index in [2.05, 4.69) is 16.0 Å². The van der Waals surface area contributed by atoms with Gasteiger partial charge in [-0.25, -0.2) is 4.79 Å². The predicted molar refractivity (Wildman–Crippen MR) is 97.2 cm³/mol. The summed E-state index contributed by atoms with van der Waals surface area (Å²) in [7, 11) is 0. The third-order valence-corrected chi connectivity index (χ3v) is 3.43. The van der Waals surface area contributed by atoms with Crippen LogP contribution in [0.25, 0.3) is 0 Å². The van der Waals surface area contributed by atoms with Gasteiger partial charge in [-0.1, -0.05) is 18.2 Å². The van der Waals surface area contributed by atoms with Gasteiger partial charge in [-0.2, -0.15) is 0 Å². The van der Waals surface area contributed by atoms with Gasteiger partial charge in [0.2, 0.25) is 0 Å². The Bertz CT molecular complexity index is 876. The normalized spacial score (nSPS) is 10.1. The summed E-state index contributed by atoms with van der Waals surface area (Å²) in [5.74, 6) is -0.288. The van der Waals surface area contributed by atoms with Crippen LogP contribution in [-0.4, -0.2) is 11.9 Å². The molecule has 126 valence electrons. The van der Waals surface area contributed by atoms with Gasteiger partial charge in [0.05, 0.1) is 0 Å². The number of carbonyl (C=O) groups is 2. The Morgan fingerprint density at radius 1 is 0.720 bits per heavy atom. The SMILES string of the molecule is O=C(Nc1ccccc1)Nc1ccc(NC(=O)c2ccc(Cl)o2)cc1. The molecule has 6 nitrogen and oxygen atoms in total. The number of para-hydroxylation sites is 1. The zero-order chi connectivity index (χ0) is 17.6. The van der Waals surface area contributed by atoms with Crippen molar-refractivity contribution in [1.82, 2.24) is 0 Å². The Balaban J connectivity index is 1.56. The Morgan fingerprint density at radius 3 is 1.84 bits per heavy atom. The van der Waals surface area contributed by atoms with Gasteiger partial charge < -0.3 is 20.4 Å². The molecule has 7 heteroatoms. The minimum absolute atomic E-state index is 0.120. The summed E-state index contributed by atoms with van der Waals surface area (Å²) in [6, 6.07) is 18.4. The lowest BCUT2D eigenvalue weighted by Gasteiger charge is -2.08. The fourth-order valence-corrected chi connectivity index (χ4v) is 2.23. The molecule has 2 aromatic carbocycles. The van der Waals surface area contributed by atoms with E-state index in [0.717, 1.165) is 0 Å². The monoisotopic (exact) mass is 355 g/mol. The van der Waals surface area contributed by atoms with E-state index in [1.807, 2.05) is 18.2 Å². The van der Waals surface area contributed by atoms with Crippen molar-refractivity contribution < 1.29 is 14.0 Å². The van der Waals surface area contributed by atoms with Gasteiger partial charge in [-0.3, -0.25) is 4.79 Å². The molecule has 0 aliphatic rings. The number of nitrogens with one attached hydrogen (secondary N) is 3. The lowest BCUT2D eigenvalue weighted by atomic mass is 10.2. The van der Waals surface area contributed by atoms with Crippen molar-refractivity contribution in [3.63, 3.8) is 0 Å². The van der Waals surface area contributed by atoms with Crippen LogP contribution >= 0.6 is 11.6 Å². The van der Waals surface area contributed by atoms with Crippen LogP contribution in [0.4, 0.5) is 21.9 Å². The van der Waals surface area contributed by atoms with Crippen LogP contribution in [-0.2, 0) is 0 Å². The van der Waals surface area contributed by atoms with E-state index in [0.29, 0.717) is 17.1 Å². The minimum Gasteiger partial charge on any atom is -0.440 e. The summed E-state index contributed by atoms with van der Waals surface area (Å²) < 4.78 is 5.04. The second-order valence-electron chi connectivity index (χ2n) is 5.08. The molecular weight excluding hydrogens is 342 g/mol. The Morgan fingerprint density at radius 2 is 1.28 bits per heavy atom. The Labute approximate surface area is 148 Å². The van der Waals surface area contributed by atoms with Crippen molar-refractivity contribution >= 4 is 40.6 Å². The van der Waals surface area contributed by atoms with Gasteiger partial charge in [-0.05, 0) is 60.1 Å². The molecule has 0 saturated carbocycles. The molecule has 0 saturated heterocycles. The van der Waals surface area contributed by atoms with Crippen LogP contribution in [0.1, 0.15) is 10.6 Å². The van der Waals surface area contributed by atoms with E-state index < -0.39 is 5.91 Å². The van der Waals surface area contributed by atoms with Crippen LogP contribution in [0.2, 0.25) is 5.22 Å². The number of benzene rings is 2. The zero-order valence-corrected chi connectivity index (χ0v) is 13.7. The highest BCUT2D eigenvalue weighted by molar-refractivity contribution is 6.29. The lowest BCUT2D eigenvalue weighted by molar-refractivity contribution is 0.0996. The van der Waals surface area contributed by atoms with Gasteiger partial charge in [0.15, 0.2) is 11.0 Å². The van der Waals surface area contributed by atoms with Crippen LogP contribution in [0.5, 0.6) is 0 Å². The molecule has 3 rings (SSSR count). The molecule has 0 aliphatic carbocycles. The predicted octanol–water partition coefficient (Wildman–Crippen LogP) is 4.83. The molecule has 0 unspecified atom stereocenters. The third kappa shape index (κ3) is 4.62. The highest BCUT2D eigenvalue weighted by Gasteiger charge is 2.11. The van der Waals surface area contributed by atoms with Crippen molar-refractivity contribution in [1.29, 1.82) is 0 Å². The van der Waals surface area contributed by atoms with Crippen LogP contribution < -0.4 is 16.0 Å². The average Bonchev–Trinajstić information content (AvgIpc) is 3.04. The number of hydrogen-bond donors (Lipinski definition) is 3. The topological polar surface area (TPSA) is 83.4 Å². The number of amides is 3. The molecule has 0 bridgehead atoms. The van der Waals surface area contributed by atoms with Crippen molar-refractivity contribution in [2.75, 3.05) is 16.0 Å². The summed E-state index contributed by atoms with van der Waals surface area (Å²) in [6.45, 7) is 0. The first-order valence-corrected chi connectivity index (χ1v) is 7.78. The van der Waals surface area contributed by atoms with E-state index in [9.17, 15) is 9.59 Å². The largest absolute Gasteiger partial charge is 0.440 e. The van der Waals surface area contributed by atoms with Crippen molar-refractivity contribution in [2.45, 2.75) is 0 Å². The summed E-state index contributed by atoms with van der Waals surface area (Å²) in [5, 5.41) is 8.24. The molecule has 1 heterocycles. The molecule has 3 amide bonds. The summed E-state index contributed by atoms with van der Waals surface area (Å²) in [6.07, 6.45) is 0. The summed E-state index contributed by atoms with van der Waals surface area (Å²) >= 11 is 5.64. The van der Waals surface area contributed by atoms with Gasteiger partial charge >= 0.3 is 6.03 Å². The minimum atomic E-state index is -0.408. The van der Waals surface area contributed by atoms with Crippen molar-refractivity contribution in [2.24, 2.45) is 0 Å². The van der Waals surface area contributed by atoms with Crippen molar-refractivity contribution in [3.05, 3.63) is 77.7 Å². The highest BCUT2D eigenvalue weighted by Crippen LogP contribution is 2.17. The second-order valence-corrected chi connectivity index (χ2v) is 5.45. The summed E-state index contributed by atoms with van der Waals surface area (Å²) in [5.41, 5.74) is 1.85. The molecule has 0 aliphatic heterocycles. The smallest absolute Gasteiger partial charge is 0.323 e. The third-order valence-electron chi connectivity index (χ3n) is 3.23. The number of furan rings is 1. The number of urea groups is 1.